The summed E-state index contributed by atoms with van der Waals surface area (Å²) in [6.45, 7) is 0. The number of hydrogen-bond acceptors (Lipinski definition) is 9. The van der Waals surface area contributed by atoms with Gasteiger partial charge in [-0.25, -0.2) is 9.97 Å². The van der Waals surface area contributed by atoms with Crippen LogP contribution in [-0.4, -0.2) is 20.2 Å². The molecule has 0 aliphatic rings. The molecule has 0 radical (unpaired) electrons. The Balaban J connectivity index is 1.03. The van der Waals surface area contributed by atoms with Crippen LogP contribution in [0.5, 0.6) is 0 Å². The number of aromatic nitrogens is 4. The molecule has 0 spiro atoms. The Hall–Kier alpha value is -7.10. The Morgan fingerprint density at radius 2 is 1.00 bits per heavy atom. The van der Waals surface area contributed by atoms with Crippen LogP contribution < -0.4 is 9.80 Å². The molecule has 11 aromatic rings. The third-order valence-electron chi connectivity index (χ3n) is 9.65. The number of rotatable bonds is 6. The molecule has 53 heavy (non-hydrogen) atoms. The lowest BCUT2D eigenvalue weighted by Gasteiger charge is -2.23. The van der Waals surface area contributed by atoms with Gasteiger partial charge in [-0.2, -0.15) is 0 Å². The smallest absolute Gasteiger partial charge is 0.235 e. The summed E-state index contributed by atoms with van der Waals surface area (Å²) in [7, 11) is 0. The molecule has 0 atom stereocenters. The largest absolute Gasteiger partial charge is 0.456 e. The summed E-state index contributed by atoms with van der Waals surface area (Å²) < 4.78 is 13.5. The van der Waals surface area contributed by atoms with Crippen molar-refractivity contribution in [2.45, 2.75) is 0 Å². The third kappa shape index (κ3) is 4.82. The van der Waals surface area contributed by atoms with Crippen LogP contribution in [0, 0.1) is 0 Å². The second-order valence-corrected chi connectivity index (χ2v) is 13.8. The van der Waals surface area contributed by atoms with Gasteiger partial charge in [-0.1, -0.05) is 72.8 Å². The van der Waals surface area contributed by atoms with E-state index in [1.165, 1.54) is 0 Å². The van der Waals surface area contributed by atoms with Crippen LogP contribution in [0.3, 0.4) is 0 Å². The summed E-state index contributed by atoms with van der Waals surface area (Å²) in [5, 5.41) is 14.7. The molecule has 5 heterocycles. The molecule has 6 aromatic carbocycles. The van der Waals surface area contributed by atoms with Crippen LogP contribution in [0.15, 0.2) is 167 Å². The van der Waals surface area contributed by atoms with Gasteiger partial charge < -0.3 is 8.83 Å². The molecule has 0 unspecified atom stereocenters. The van der Waals surface area contributed by atoms with Crippen molar-refractivity contribution in [1.29, 1.82) is 0 Å². The van der Waals surface area contributed by atoms with E-state index in [1.54, 1.807) is 11.3 Å². The van der Waals surface area contributed by atoms with Crippen molar-refractivity contribution in [2.75, 3.05) is 9.80 Å². The van der Waals surface area contributed by atoms with E-state index in [-0.39, 0.29) is 0 Å². The first-order valence-electron chi connectivity index (χ1n) is 17.2. The summed E-state index contributed by atoms with van der Waals surface area (Å²) in [5.74, 6) is 1.23. The highest BCUT2D eigenvalue weighted by Crippen LogP contribution is 2.42. The molecular formula is C44H26N6O2S. The van der Waals surface area contributed by atoms with Crippen molar-refractivity contribution in [3.8, 4) is 0 Å². The van der Waals surface area contributed by atoms with Crippen molar-refractivity contribution in [2.24, 2.45) is 0 Å². The van der Waals surface area contributed by atoms with Gasteiger partial charge in [-0.05, 0) is 60.7 Å². The van der Waals surface area contributed by atoms with E-state index in [2.05, 4.69) is 88.7 Å². The summed E-state index contributed by atoms with van der Waals surface area (Å²) in [6, 6.07) is 51.2. The van der Waals surface area contributed by atoms with Gasteiger partial charge in [-0.3, -0.25) is 9.80 Å². The SMILES string of the molecule is c1ccc(N(c2ccc3c(c2)oc2ccccc23)c2cc3sc4nc(N(c5ccccc5)c5ccc6c(c5)oc5ccccc56)ncc4c3nn2)cc1. The minimum Gasteiger partial charge on any atom is -0.456 e. The summed E-state index contributed by atoms with van der Waals surface area (Å²) in [6.07, 6.45) is 1.85. The van der Waals surface area contributed by atoms with Crippen molar-refractivity contribution in [3.05, 3.63) is 158 Å². The molecule has 0 saturated heterocycles. The highest BCUT2D eigenvalue weighted by molar-refractivity contribution is 7.25. The van der Waals surface area contributed by atoms with Crippen molar-refractivity contribution in [1.82, 2.24) is 20.2 Å². The number of anilines is 6. The van der Waals surface area contributed by atoms with Gasteiger partial charge in [0.15, 0.2) is 5.82 Å². The fraction of sp³-hybridized carbons (Fsp3) is 0. The van der Waals surface area contributed by atoms with Crippen molar-refractivity contribution < 1.29 is 8.83 Å². The zero-order chi connectivity index (χ0) is 34.9. The lowest BCUT2D eigenvalue weighted by Crippen LogP contribution is -2.13. The predicted octanol–water partition coefficient (Wildman–Crippen LogP) is 12.4. The summed E-state index contributed by atoms with van der Waals surface area (Å²) in [5.41, 5.74) is 7.79. The van der Waals surface area contributed by atoms with E-state index in [4.69, 9.17) is 29.0 Å². The predicted molar refractivity (Wildman–Crippen MR) is 214 cm³/mol. The average Bonchev–Trinajstić information content (AvgIpc) is 3.89. The number of nitrogens with zero attached hydrogens (tertiary/aromatic N) is 6. The molecule has 250 valence electrons. The molecule has 8 nitrogen and oxygen atoms in total. The first-order chi connectivity index (χ1) is 26.2. The lowest BCUT2D eigenvalue weighted by molar-refractivity contribution is 0.668. The first kappa shape index (κ1) is 29.6. The van der Waals surface area contributed by atoms with Crippen LogP contribution >= 0.6 is 11.3 Å². The lowest BCUT2D eigenvalue weighted by atomic mass is 10.1. The standard InChI is InChI=1S/C44H26N6O2S/c1-3-11-27(12-4-1)49(29-19-21-33-31-15-7-9-17-36(31)51-38(33)23-29)41-25-40-42(48-47-41)35-26-45-44(46-43(35)53-40)50(28-13-5-2-6-14-28)30-20-22-34-32-16-8-10-18-37(32)52-39(34)24-30/h1-26H. The Labute approximate surface area is 305 Å². The highest BCUT2D eigenvalue weighted by Gasteiger charge is 2.22. The van der Waals surface area contributed by atoms with E-state index in [0.29, 0.717) is 11.8 Å². The van der Waals surface area contributed by atoms with E-state index < -0.39 is 0 Å². The molecule has 0 fully saturated rings. The summed E-state index contributed by atoms with van der Waals surface area (Å²) >= 11 is 1.57. The Bertz CT molecular complexity index is 2940. The number of thiophene rings is 1. The first-order valence-corrected chi connectivity index (χ1v) is 18.0. The second kappa shape index (κ2) is 11.7. The van der Waals surface area contributed by atoms with Crippen LogP contribution in [0.2, 0.25) is 0 Å². The molecule has 9 heteroatoms. The number of benzene rings is 6. The molecule has 5 aromatic heterocycles. The quantitative estimate of drug-likeness (QED) is 0.169. The van der Waals surface area contributed by atoms with Gasteiger partial charge in [0, 0.05) is 57.3 Å². The van der Waals surface area contributed by atoms with Crippen molar-refractivity contribution in [3.63, 3.8) is 0 Å². The van der Waals surface area contributed by atoms with E-state index >= 15 is 0 Å². The number of para-hydroxylation sites is 4. The molecule has 0 aliphatic carbocycles. The maximum Gasteiger partial charge on any atom is 0.235 e. The van der Waals surface area contributed by atoms with Crippen LogP contribution in [0.25, 0.3) is 64.3 Å². The minimum atomic E-state index is 0.545. The molecule has 0 aliphatic heterocycles. The topological polar surface area (TPSA) is 84.3 Å². The van der Waals surface area contributed by atoms with Gasteiger partial charge in [0.2, 0.25) is 5.95 Å². The Morgan fingerprint density at radius 1 is 0.453 bits per heavy atom. The molecular weight excluding hydrogens is 677 g/mol. The van der Waals surface area contributed by atoms with Crippen molar-refractivity contribution >= 4 is 110 Å². The van der Waals surface area contributed by atoms with E-state index in [0.717, 1.165) is 87.1 Å². The average molecular weight is 703 g/mol. The van der Waals surface area contributed by atoms with Crippen LogP contribution in [0.1, 0.15) is 0 Å². The van der Waals surface area contributed by atoms with Gasteiger partial charge in [0.25, 0.3) is 0 Å². The molecule has 0 bridgehead atoms. The fourth-order valence-electron chi connectivity index (χ4n) is 7.20. The maximum atomic E-state index is 6.27. The van der Waals surface area contributed by atoms with Crippen LogP contribution in [0.4, 0.5) is 34.5 Å². The normalized spacial score (nSPS) is 11.8. The van der Waals surface area contributed by atoms with E-state index in [9.17, 15) is 0 Å². The zero-order valence-electron chi connectivity index (χ0n) is 27.9. The molecule has 0 saturated carbocycles. The third-order valence-corrected chi connectivity index (χ3v) is 10.7. The monoisotopic (exact) mass is 702 g/mol. The number of furan rings is 2. The zero-order valence-corrected chi connectivity index (χ0v) is 28.7. The van der Waals surface area contributed by atoms with Gasteiger partial charge in [0.1, 0.15) is 32.7 Å². The van der Waals surface area contributed by atoms with Gasteiger partial charge >= 0.3 is 0 Å². The van der Waals surface area contributed by atoms with Crippen LogP contribution in [-0.2, 0) is 0 Å². The number of hydrogen-bond donors (Lipinski definition) is 0. The highest BCUT2D eigenvalue weighted by atomic mass is 32.1. The van der Waals surface area contributed by atoms with E-state index in [1.807, 2.05) is 79.0 Å². The minimum absolute atomic E-state index is 0.545. The Morgan fingerprint density at radius 3 is 1.64 bits per heavy atom. The van der Waals surface area contributed by atoms with Gasteiger partial charge in [-0.15, -0.1) is 21.5 Å². The Kier molecular flexibility index (Phi) is 6.55. The number of fused-ring (bicyclic) bond motifs is 9. The molecule has 11 rings (SSSR count). The fourth-order valence-corrected chi connectivity index (χ4v) is 8.21. The summed E-state index contributed by atoms with van der Waals surface area (Å²) in [4.78, 5) is 15.0. The molecule has 0 N–H and O–H groups in total. The second-order valence-electron chi connectivity index (χ2n) is 12.8. The van der Waals surface area contributed by atoms with Gasteiger partial charge in [0.05, 0.1) is 21.5 Å². The molecule has 0 amide bonds. The maximum absolute atomic E-state index is 6.27.